The van der Waals surface area contributed by atoms with E-state index in [1.54, 1.807) is 26.8 Å². The number of esters is 2. The van der Waals surface area contributed by atoms with Crippen LogP contribution >= 0.6 is 0 Å². The fraction of sp³-hybridized carbons (Fsp3) is 0.650. The number of hydrogen-bond donors (Lipinski definition) is 1. The van der Waals surface area contributed by atoms with Gasteiger partial charge in [0, 0.05) is 29.4 Å². The van der Waals surface area contributed by atoms with Crippen LogP contribution in [0.25, 0.3) is 0 Å². The van der Waals surface area contributed by atoms with Crippen LogP contribution in [0.2, 0.25) is 0 Å². The Morgan fingerprint density at radius 3 is 2.69 bits per heavy atom. The second-order valence-corrected chi connectivity index (χ2v) is 7.62. The molecule has 2 fully saturated rings. The van der Waals surface area contributed by atoms with Gasteiger partial charge in [-0.1, -0.05) is 19.6 Å². The van der Waals surface area contributed by atoms with Crippen LogP contribution in [0.5, 0.6) is 0 Å². The smallest absolute Gasteiger partial charge is 0.334 e. The highest BCUT2D eigenvalue weighted by molar-refractivity contribution is 5.93. The second kappa shape index (κ2) is 7.74. The Balaban J connectivity index is 2.42. The van der Waals surface area contributed by atoms with Crippen molar-refractivity contribution in [3.05, 3.63) is 23.8 Å². The molecule has 1 unspecified atom stereocenters. The minimum absolute atomic E-state index is 0.0238. The summed E-state index contributed by atoms with van der Waals surface area (Å²) in [6.45, 7) is 10.5. The van der Waals surface area contributed by atoms with Crippen LogP contribution in [0.4, 0.5) is 0 Å². The lowest BCUT2D eigenvalue weighted by molar-refractivity contribution is -0.185. The molecule has 0 radical (unpaired) electrons. The lowest BCUT2D eigenvalue weighted by Gasteiger charge is -2.38. The maximum atomic E-state index is 12.5. The molecule has 0 aromatic rings. The topological polar surface area (TPSA) is 89.9 Å². The Morgan fingerprint density at radius 1 is 1.42 bits per heavy atom. The number of Topliss-reactive ketones (excluding diaryl/α,β-unsaturated/α-hetero) is 1. The number of ketones is 1. The molecular weight excluding hydrogens is 336 g/mol. The first-order chi connectivity index (χ1) is 12.1. The molecule has 1 aliphatic heterocycles. The predicted octanol–water partition coefficient (Wildman–Crippen LogP) is 2.49. The maximum absolute atomic E-state index is 12.5. The third-order valence-electron chi connectivity index (χ3n) is 5.54. The van der Waals surface area contributed by atoms with Crippen LogP contribution in [0, 0.1) is 11.8 Å². The van der Waals surface area contributed by atoms with E-state index < -0.39 is 35.7 Å². The highest BCUT2D eigenvalue weighted by atomic mass is 16.6. The van der Waals surface area contributed by atoms with Gasteiger partial charge < -0.3 is 14.6 Å². The molecule has 6 nitrogen and oxygen atoms in total. The standard InChI is InChI=1S/C20H28O6/c1-6-11(2)18(22)26-17-16-14(13(4)19(23)25-16)10-15(21)12(3)8-7-9-20(17,5)24/h6,12,14,16-17,24H,4,7-10H2,1-3,5H3/b11-6-/t12-,14?,16+,17-,20+/m0/s1. The Morgan fingerprint density at radius 2 is 2.08 bits per heavy atom. The van der Waals surface area contributed by atoms with Gasteiger partial charge in [-0.2, -0.15) is 0 Å². The summed E-state index contributed by atoms with van der Waals surface area (Å²) in [5.74, 6) is -1.94. The lowest BCUT2D eigenvalue weighted by atomic mass is 9.77. The molecule has 5 atom stereocenters. The Kier molecular flexibility index (Phi) is 6.06. The molecule has 26 heavy (non-hydrogen) atoms. The number of rotatable bonds is 2. The van der Waals surface area contributed by atoms with Crippen molar-refractivity contribution in [1.29, 1.82) is 0 Å². The van der Waals surface area contributed by atoms with E-state index in [1.807, 2.05) is 6.92 Å². The first-order valence-corrected chi connectivity index (χ1v) is 9.07. The molecule has 2 aliphatic rings. The Bertz CT molecular complexity index is 645. The van der Waals surface area contributed by atoms with Crippen molar-refractivity contribution in [2.24, 2.45) is 11.8 Å². The third-order valence-corrected chi connectivity index (χ3v) is 5.54. The van der Waals surface area contributed by atoms with Gasteiger partial charge in [-0.05, 0) is 40.0 Å². The molecule has 0 bridgehead atoms. The summed E-state index contributed by atoms with van der Waals surface area (Å²) in [5.41, 5.74) is -0.810. The van der Waals surface area contributed by atoms with E-state index in [1.165, 1.54) is 0 Å². The molecule has 1 N–H and O–H groups in total. The number of ether oxygens (including phenoxy) is 2. The normalized spacial score (nSPS) is 36.3. The van der Waals surface area contributed by atoms with Crippen LogP contribution in [-0.4, -0.2) is 40.6 Å². The summed E-state index contributed by atoms with van der Waals surface area (Å²) in [6, 6.07) is 0. The molecule has 1 heterocycles. The highest BCUT2D eigenvalue weighted by Crippen LogP contribution is 2.39. The molecule has 1 saturated heterocycles. The monoisotopic (exact) mass is 364 g/mol. The Hall–Kier alpha value is -1.95. The van der Waals surface area contributed by atoms with E-state index in [0.29, 0.717) is 24.8 Å². The van der Waals surface area contributed by atoms with Gasteiger partial charge in [0.1, 0.15) is 17.5 Å². The molecule has 0 aromatic heterocycles. The van der Waals surface area contributed by atoms with Crippen molar-refractivity contribution < 1.29 is 29.0 Å². The van der Waals surface area contributed by atoms with Crippen LogP contribution < -0.4 is 0 Å². The summed E-state index contributed by atoms with van der Waals surface area (Å²) < 4.78 is 11.0. The van der Waals surface area contributed by atoms with Gasteiger partial charge in [0.15, 0.2) is 6.10 Å². The number of carbonyl (C=O) groups is 3. The van der Waals surface area contributed by atoms with Crippen molar-refractivity contribution in [1.82, 2.24) is 0 Å². The number of hydrogen-bond acceptors (Lipinski definition) is 6. The van der Waals surface area contributed by atoms with E-state index in [2.05, 4.69) is 6.58 Å². The van der Waals surface area contributed by atoms with Gasteiger partial charge in [-0.3, -0.25) is 4.79 Å². The van der Waals surface area contributed by atoms with E-state index in [0.717, 1.165) is 0 Å². The third kappa shape index (κ3) is 4.06. The van der Waals surface area contributed by atoms with Crippen molar-refractivity contribution in [3.63, 3.8) is 0 Å². The Labute approximate surface area is 154 Å². The van der Waals surface area contributed by atoms with Gasteiger partial charge in [0.05, 0.1) is 0 Å². The first kappa shape index (κ1) is 20.4. The SMILES string of the molecule is C=C1C(=O)O[C@@H]2C1CC(=O)[C@@H](C)CCC[C@@](C)(O)[C@H]2OC(=O)/C(C)=C\C. The summed E-state index contributed by atoms with van der Waals surface area (Å²) in [6.07, 6.45) is 1.26. The van der Waals surface area contributed by atoms with E-state index >= 15 is 0 Å². The number of allylic oxidation sites excluding steroid dienone is 1. The van der Waals surface area contributed by atoms with Crippen LogP contribution in [0.15, 0.2) is 23.8 Å². The quantitative estimate of drug-likeness (QED) is 0.598. The van der Waals surface area contributed by atoms with Gasteiger partial charge in [0.2, 0.25) is 0 Å². The molecule has 0 spiro atoms. The fourth-order valence-corrected chi connectivity index (χ4v) is 3.50. The zero-order valence-electron chi connectivity index (χ0n) is 15.9. The van der Waals surface area contributed by atoms with Gasteiger partial charge in [-0.15, -0.1) is 0 Å². The molecule has 144 valence electrons. The van der Waals surface area contributed by atoms with E-state index in [9.17, 15) is 19.5 Å². The van der Waals surface area contributed by atoms with Crippen molar-refractivity contribution in [2.75, 3.05) is 0 Å². The van der Waals surface area contributed by atoms with Gasteiger partial charge >= 0.3 is 11.9 Å². The lowest BCUT2D eigenvalue weighted by Crippen LogP contribution is -2.52. The average molecular weight is 364 g/mol. The molecule has 1 saturated carbocycles. The summed E-state index contributed by atoms with van der Waals surface area (Å²) in [5, 5.41) is 11.0. The molecule has 0 amide bonds. The zero-order valence-corrected chi connectivity index (χ0v) is 15.9. The molecule has 2 rings (SSSR count). The highest BCUT2D eigenvalue weighted by Gasteiger charge is 2.52. The molecular formula is C20H28O6. The average Bonchev–Trinajstić information content (AvgIpc) is 2.85. The minimum atomic E-state index is -1.39. The fourth-order valence-electron chi connectivity index (χ4n) is 3.50. The summed E-state index contributed by atoms with van der Waals surface area (Å²) in [4.78, 5) is 36.9. The summed E-state index contributed by atoms with van der Waals surface area (Å²) in [7, 11) is 0. The molecule has 0 aromatic carbocycles. The van der Waals surface area contributed by atoms with Gasteiger partial charge in [0.25, 0.3) is 0 Å². The van der Waals surface area contributed by atoms with E-state index in [-0.39, 0.29) is 23.7 Å². The summed E-state index contributed by atoms with van der Waals surface area (Å²) >= 11 is 0. The van der Waals surface area contributed by atoms with E-state index in [4.69, 9.17) is 9.47 Å². The zero-order chi connectivity index (χ0) is 19.6. The number of aliphatic hydroxyl groups is 1. The second-order valence-electron chi connectivity index (χ2n) is 7.62. The van der Waals surface area contributed by atoms with Crippen molar-refractivity contribution >= 4 is 17.7 Å². The number of carbonyl (C=O) groups excluding carboxylic acids is 3. The van der Waals surface area contributed by atoms with Crippen LogP contribution in [0.1, 0.15) is 53.4 Å². The van der Waals surface area contributed by atoms with Crippen LogP contribution in [0.3, 0.4) is 0 Å². The predicted molar refractivity (Wildman–Crippen MR) is 95.1 cm³/mol. The molecule has 1 aliphatic carbocycles. The largest absolute Gasteiger partial charge is 0.454 e. The van der Waals surface area contributed by atoms with Crippen LogP contribution in [-0.2, 0) is 23.9 Å². The maximum Gasteiger partial charge on any atom is 0.334 e. The number of fused-ring (bicyclic) bond motifs is 1. The minimum Gasteiger partial charge on any atom is -0.454 e. The first-order valence-electron chi connectivity index (χ1n) is 9.07. The van der Waals surface area contributed by atoms with Gasteiger partial charge in [-0.25, -0.2) is 9.59 Å². The van der Waals surface area contributed by atoms with Crippen molar-refractivity contribution in [3.8, 4) is 0 Å². The molecule has 6 heteroatoms. The van der Waals surface area contributed by atoms with Crippen molar-refractivity contribution in [2.45, 2.75) is 71.2 Å².